The predicted molar refractivity (Wildman–Crippen MR) is 103 cm³/mol. The molecule has 0 N–H and O–H groups in total. The molecule has 0 bridgehead atoms. The zero-order valence-corrected chi connectivity index (χ0v) is 15.9. The zero-order valence-electron chi connectivity index (χ0n) is 15.9. The summed E-state index contributed by atoms with van der Waals surface area (Å²) < 4.78 is 30.5. The fraction of sp³-hybridized carbons (Fsp3) is 0.318. The van der Waals surface area contributed by atoms with Gasteiger partial charge in [-0.1, -0.05) is 42.5 Å². The Morgan fingerprint density at radius 3 is 2.72 bits per heavy atom. The van der Waals surface area contributed by atoms with Gasteiger partial charge < -0.3 is 4.90 Å². The first-order chi connectivity index (χ1) is 14.0. The van der Waals surface area contributed by atoms with Crippen LogP contribution in [0, 0.1) is 5.82 Å². The van der Waals surface area contributed by atoms with Gasteiger partial charge in [0.15, 0.2) is 12.0 Å². The number of hydrogen-bond donors (Lipinski definition) is 0. The predicted octanol–water partition coefficient (Wildman–Crippen LogP) is 4.18. The van der Waals surface area contributed by atoms with Gasteiger partial charge in [-0.15, -0.1) is 5.10 Å². The highest BCUT2D eigenvalue weighted by atomic mass is 19.1. The molecule has 5 rings (SSSR count). The van der Waals surface area contributed by atoms with Crippen LogP contribution in [-0.4, -0.2) is 32.1 Å². The van der Waals surface area contributed by atoms with E-state index in [9.17, 15) is 13.6 Å². The normalized spacial score (nSPS) is 23.0. The van der Waals surface area contributed by atoms with Crippen molar-refractivity contribution in [3.05, 3.63) is 82.7 Å². The minimum atomic E-state index is -1.27. The highest BCUT2D eigenvalue weighted by Crippen LogP contribution is 2.39. The van der Waals surface area contributed by atoms with Gasteiger partial charge in [0.25, 0.3) is 5.91 Å². The molecule has 0 fully saturated rings. The molecule has 3 unspecified atom stereocenters. The van der Waals surface area contributed by atoms with Gasteiger partial charge in [0.05, 0.1) is 12.1 Å². The Bertz CT molecular complexity index is 1080. The van der Waals surface area contributed by atoms with Crippen LogP contribution in [0.4, 0.5) is 8.78 Å². The van der Waals surface area contributed by atoms with Crippen LogP contribution >= 0.6 is 0 Å². The molecule has 2 aliphatic heterocycles. The standard InChI is InChI=1S/C22H20F2N4O/c1-13-19-15(8-5-9-16(19)23)10-11-27(13)22(29)20-25-21-17(24)12-18(28(21)26-20)14-6-3-2-4-7-14/h2-9,13,17-18H,10-12H2,1H3. The first kappa shape index (κ1) is 18.0. The third-order valence-electron chi connectivity index (χ3n) is 5.95. The van der Waals surface area contributed by atoms with Crippen molar-refractivity contribution in [2.45, 2.75) is 38.0 Å². The molecule has 148 valence electrons. The zero-order chi connectivity index (χ0) is 20.1. The van der Waals surface area contributed by atoms with E-state index in [1.54, 1.807) is 17.9 Å². The first-order valence-corrected chi connectivity index (χ1v) is 9.78. The van der Waals surface area contributed by atoms with E-state index in [0.29, 0.717) is 18.5 Å². The molecule has 7 heteroatoms. The van der Waals surface area contributed by atoms with E-state index in [1.165, 1.54) is 10.7 Å². The number of alkyl halides is 1. The number of fused-ring (bicyclic) bond motifs is 2. The van der Waals surface area contributed by atoms with Crippen LogP contribution in [0.25, 0.3) is 0 Å². The van der Waals surface area contributed by atoms with Crippen molar-refractivity contribution < 1.29 is 13.6 Å². The van der Waals surface area contributed by atoms with Crippen molar-refractivity contribution in [1.82, 2.24) is 19.7 Å². The SMILES string of the molecule is CC1c2c(F)cccc2CCN1C(=O)c1nc2n(n1)C(c1ccccc1)CC2F. The average molecular weight is 394 g/mol. The van der Waals surface area contributed by atoms with Crippen LogP contribution in [0.2, 0.25) is 0 Å². The summed E-state index contributed by atoms with van der Waals surface area (Å²) in [6.45, 7) is 2.25. The lowest BCUT2D eigenvalue weighted by atomic mass is 9.93. The van der Waals surface area contributed by atoms with E-state index < -0.39 is 18.1 Å². The third-order valence-corrected chi connectivity index (χ3v) is 5.95. The second-order valence-electron chi connectivity index (χ2n) is 7.61. The monoisotopic (exact) mass is 394 g/mol. The van der Waals surface area contributed by atoms with E-state index in [-0.39, 0.29) is 29.9 Å². The largest absolute Gasteiger partial charge is 0.329 e. The van der Waals surface area contributed by atoms with E-state index in [4.69, 9.17) is 0 Å². The Labute approximate surface area is 167 Å². The van der Waals surface area contributed by atoms with Crippen molar-refractivity contribution in [2.75, 3.05) is 6.54 Å². The number of carbonyl (C=O) groups excluding carboxylic acids is 1. The van der Waals surface area contributed by atoms with Crippen molar-refractivity contribution in [3.63, 3.8) is 0 Å². The summed E-state index contributed by atoms with van der Waals surface area (Å²) in [6.07, 6.45) is -0.451. The number of aromatic nitrogens is 3. The van der Waals surface area contributed by atoms with Crippen LogP contribution in [0.15, 0.2) is 48.5 Å². The van der Waals surface area contributed by atoms with Crippen molar-refractivity contribution in [2.24, 2.45) is 0 Å². The highest BCUT2D eigenvalue weighted by Gasteiger charge is 2.38. The maximum atomic E-state index is 14.6. The van der Waals surface area contributed by atoms with Gasteiger partial charge in [-0.2, -0.15) is 0 Å². The molecule has 5 nitrogen and oxygen atoms in total. The van der Waals surface area contributed by atoms with Gasteiger partial charge in [-0.05, 0) is 30.5 Å². The molecule has 1 aromatic heterocycles. The van der Waals surface area contributed by atoms with E-state index in [1.807, 2.05) is 36.4 Å². The highest BCUT2D eigenvalue weighted by molar-refractivity contribution is 5.91. The molecule has 29 heavy (non-hydrogen) atoms. The number of halogens is 2. The molecule has 2 aromatic carbocycles. The van der Waals surface area contributed by atoms with Crippen molar-refractivity contribution in [1.29, 1.82) is 0 Å². The Balaban J connectivity index is 1.47. The van der Waals surface area contributed by atoms with E-state index in [0.717, 1.165) is 11.1 Å². The summed E-state index contributed by atoms with van der Waals surface area (Å²) in [7, 11) is 0. The third kappa shape index (κ3) is 2.84. The maximum absolute atomic E-state index is 14.6. The molecule has 0 saturated heterocycles. The van der Waals surface area contributed by atoms with Gasteiger partial charge in [0.1, 0.15) is 5.82 Å². The molecular weight excluding hydrogens is 374 g/mol. The average Bonchev–Trinajstić information content (AvgIpc) is 3.29. The molecule has 3 atom stereocenters. The summed E-state index contributed by atoms with van der Waals surface area (Å²) in [5, 5.41) is 4.37. The van der Waals surface area contributed by atoms with Crippen LogP contribution in [0.5, 0.6) is 0 Å². The summed E-state index contributed by atoms with van der Waals surface area (Å²) in [4.78, 5) is 18.9. The number of carbonyl (C=O) groups is 1. The molecule has 2 aliphatic rings. The minimum absolute atomic E-state index is 0.0325. The van der Waals surface area contributed by atoms with E-state index >= 15 is 0 Å². The second kappa shape index (κ2) is 6.76. The Kier molecular flexibility index (Phi) is 4.19. The van der Waals surface area contributed by atoms with Crippen LogP contribution in [-0.2, 0) is 6.42 Å². The number of nitrogens with zero attached hydrogens (tertiary/aromatic N) is 4. The van der Waals surface area contributed by atoms with Gasteiger partial charge in [0.2, 0.25) is 5.82 Å². The summed E-state index contributed by atoms with van der Waals surface area (Å²) in [5.41, 5.74) is 2.37. The second-order valence-corrected chi connectivity index (χ2v) is 7.61. The molecular formula is C22H20F2N4O. The summed E-state index contributed by atoms with van der Waals surface area (Å²) in [5.74, 6) is -0.568. The van der Waals surface area contributed by atoms with Gasteiger partial charge >= 0.3 is 0 Å². The van der Waals surface area contributed by atoms with Crippen molar-refractivity contribution in [3.8, 4) is 0 Å². The fourth-order valence-corrected chi connectivity index (χ4v) is 4.49. The van der Waals surface area contributed by atoms with Crippen LogP contribution in [0.1, 0.15) is 64.7 Å². The molecule has 1 amide bonds. The van der Waals surface area contributed by atoms with Gasteiger partial charge in [-0.25, -0.2) is 18.4 Å². The lowest BCUT2D eigenvalue weighted by molar-refractivity contribution is 0.0660. The van der Waals surface area contributed by atoms with Gasteiger partial charge in [0, 0.05) is 18.5 Å². The lowest BCUT2D eigenvalue weighted by Gasteiger charge is -2.34. The Morgan fingerprint density at radius 1 is 1.14 bits per heavy atom. The summed E-state index contributed by atoms with van der Waals surface area (Å²) >= 11 is 0. The number of amides is 1. The number of rotatable bonds is 2. The quantitative estimate of drug-likeness (QED) is 0.655. The number of hydrogen-bond acceptors (Lipinski definition) is 3. The minimum Gasteiger partial charge on any atom is -0.329 e. The van der Waals surface area contributed by atoms with Crippen LogP contribution in [0.3, 0.4) is 0 Å². The molecule has 0 spiro atoms. The molecule has 0 aliphatic carbocycles. The molecule has 0 radical (unpaired) electrons. The number of benzene rings is 2. The summed E-state index contributed by atoms with van der Waals surface area (Å²) in [6, 6.07) is 13.8. The van der Waals surface area contributed by atoms with Crippen LogP contribution < -0.4 is 0 Å². The lowest BCUT2D eigenvalue weighted by Crippen LogP contribution is -2.40. The van der Waals surface area contributed by atoms with Gasteiger partial charge in [-0.3, -0.25) is 4.79 Å². The fourth-order valence-electron chi connectivity index (χ4n) is 4.49. The molecule has 0 saturated carbocycles. The topological polar surface area (TPSA) is 51.0 Å². The first-order valence-electron chi connectivity index (χ1n) is 9.78. The van der Waals surface area contributed by atoms with Crippen molar-refractivity contribution >= 4 is 5.91 Å². The van der Waals surface area contributed by atoms with E-state index in [2.05, 4.69) is 10.1 Å². The molecule has 3 heterocycles. The molecule has 3 aromatic rings. The Morgan fingerprint density at radius 2 is 1.93 bits per heavy atom. The smallest absolute Gasteiger partial charge is 0.294 e. The maximum Gasteiger partial charge on any atom is 0.294 e. The Hall–Kier alpha value is -3.09.